The Hall–Kier alpha value is -8.18. The number of hydrogen-bond acceptors (Lipinski definition) is 0. The topological polar surface area (TPSA) is 0 Å². The van der Waals surface area contributed by atoms with E-state index in [1.54, 1.807) is 0 Å². The van der Waals surface area contributed by atoms with Gasteiger partial charge in [-0.2, -0.15) is 0 Å². The molecular formula is C60H38. The Morgan fingerprint density at radius 3 is 0.767 bits per heavy atom. The van der Waals surface area contributed by atoms with Crippen LogP contribution in [0.5, 0.6) is 0 Å². The molecule has 0 N–H and O–H groups in total. The van der Waals surface area contributed by atoms with Crippen LogP contribution in [-0.2, 0) is 5.41 Å². The average molecular weight is 759 g/mol. The van der Waals surface area contributed by atoms with E-state index in [1.807, 2.05) is 152 Å². The predicted molar refractivity (Wildman–Crippen MR) is 251 cm³/mol. The van der Waals surface area contributed by atoms with Crippen LogP contribution in [-0.4, -0.2) is 0 Å². The summed E-state index contributed by atoms with van der Waals surface area (Å²) in [5.74, 6) is 35.8. The summed E-state index contributed by atoms with van der Waals surface area (Å²) in [5, 5.41) is 6.24. The molecule has 0 aliphatic rings. The Balaban J connectivity index is 1.51. The average Bonchev–Trinajstić information content (AvgIpc) is 3.29. The van der Waals surface area contributed by atoms with Gasteiger partial charge in [0.05, 0.1) is 0 Å². The minimum Gasteiger partial charge on any atom is -0.0622 e. The second-order valence-corrected chi connectivity index (χ2v) is 15.7. The third-order valence-corrected chi connectivity index (χ3v) is 10.5. The number of rotatable bonds is 0. The molecule has 0 spiro atoms. The Bertz CT molecular complexity index is 3170. The van der Waals surface area contributed by atoms with Crippen molar-refractivity contribution in [2.24, 2.45) is 0 Å². The number of hydrogen-bond donors (Lipinski definition) is 0. The van der Waals surface area contributed by atoms with Gasteiger partial charge in [0, 0.05) is 88.0 Å². The SMILES string of the molecule is CC(C)(C)c1cc2c(C#Cc3ccccc3)c(C#Cc3ccccc3)c3cc(C#Cc4ccccc4)cc4c(C#Cc5ccccc5)c(C#Cc5ccccc5)c(c1)c2c34. The van der Waals surface area contributed by atoms with Crippen LogP contribution in [0.15, 0.2) is 176 Å². The summed E-state index contributed by atoms with van der Waals surface area (Å²) in [7, 11) is 0. The molecule has 0 unspecified atom stereocenters. The van der Waals surface area contributed by atoms with E-state index in [-0.39, 0.29) is 5.41 Å². The summed E-state index contributed by atoms with van der Waals surface area (Å²) in [6.07, 6.45) is 0. The molecule has 0 aromatic heterocycles. The lowest BCUT2D eigenvalue weighted by atomic mass is 9.78. The molecule has 0 amide bonds. The van der Waals surface area contributed by atoms with Gasteiger partial charge in [0.15, 0.2) is 0 Å². The Morgan fingerprint density at radius 2 is 0.500 bits per heavy atom. The fourth-order valence-electron chi connectivity index (χ4n) is 7.47. The van der Waals surface area contributed by atoms with Gasteiger partial charge < -0.3 is 0 Å². The molecule has 0 heteroatoms. The molecule has 0 aliphatic heterocycles. The minimum atomic E-state index is -0.190. The zero-order chi connectivity index (χ0) is 40.9. The summed E-state index contributed by atoms with van der Waals surface area (Å²) < 4.78 is 0. The highest BCUT2D eigenvalue weighted by molar-refractivity contribution is 6.29. The molecule has 0 saturated heterocycles. The molecular weight excluding hydrogens is 721 g/mol. The molecule has 0 nitrogen and oxygen atoms in total. The van der Waals surface area contributed by atoms with Gasteiger partial charge in [-0.05, 0) is 95.9 Å². The molecule has 0 bridgehead atoms. The van der Waals surface area contributed by atoms with Gasteiger partial charge in [0.2, 0.25) is 0 Å². The Morgan fingerprint density at radius 1 is 0.267 bits per heavy atom. The van der Waals surface area contributed by atoms with Gasteiger partial charge in [0.1, 0.15) is 0 Å². The van der Waals surface area contributed by atoms with Crippen molar-refractivity contribution in [3.05, 3.63) is 237 Å². The first kappa shape index (κ1) is 37.4. The summed E-state index contributed by atoms with van der Waals surface area (Å²) in [6.45, 7) is 6.78. The normalized spacial score (nSPS) is 10.6. The van der Waals surface area contributed by atoms with E-state index in [9.17, 15) is 0 Å². The summed E-state index contributed by atoms with van der Waals surface area (Å²) >= 11 is 0. The maximum absolute atomic E-state index is 3.69. The lowest BCUT2D eigenvalue weighted by molar-refractivity contribution is 0.591. The molecule has 9 aromatic rings. The van der Waals surface area contributed by atoms with E-state index in [0.29, 0.717) is 0 Å². The zero-order valence-electron chi connectivity index (χ0n) is 33.7. The third kappa shape index (κ3) is 7.87. The smallest absolute Gasteiger partial charge is 0.0491 e. The van der Waals surface area contributed by atoms with Crippen LogP contribution in [0.3, 0.4) is 0 Å². The summed E-state index contributed by atoms with van der Waals surface area (Å²) in [4.78, 5) is 0. The van der Waals surface area contributed by atoms with E-state index in [1.165, 1.54) is 5.56 Å². The van der Waals surface area contributed by atoms with Crippen molar-refractivity contribution >= 4 is 32.3 Å². The van der Waals surface area contributed by atoms with Crippen molar-refractivity contribution in [2.75, 3.05) is 0 Å². The van der Waals surface area contributed by atoms with Gasteiger partial charge in [-0.3, -0.25) is 0 Å². The van der Waals surface area contributed by atoms with Crippen molar-refractivity contribution in [2.45, 2.75) is 26.2 Å². The van der Waals surface area contributed by atoms with Crippen molar-refractivity contribution < 1.29 is 0 Å². The lowest BCUT2D eigenvalue weighted by Gasteiger charge is -2.24. The fourth-order valence-corrected chi connectivity index (χ4v) is 7.47. The monoisotopic (exact) mass is 758 g/mol. The van der Waals surface area contributed by atoms with Crippen LogP contribution >= 0.6 is 0 Å². The highest BCUT2D eigenvalue weighted by Crippen LogP contribution is 2.45. The first-order valence-corrected chi connectivity index (χ1v) is 20.1. The first-order valence-electron chi connectivity index (χ1n) is 20.1. The molecule has 0 fully saturated rings. The standard InChI is InChI=1S/C60H38/c1-60(2,3)49-41-56-52(37-33-46-25-15-7-16-26-46)50(35-31-44-21-11-5-12-22-44)54-39-48(30-29-43-19-9-4-10-20-43)40-55-51(36-32-45-23-13-6-14-24-45)53(57(42-49)59(56)58(54)55)38-34-47-27-17-8-18-28-47/h4-28,39-42H,1-3H3. The first-order chi connectivity index (χ1) is 29.4. The highest BCUT2D eigenvalue weighted by Gasteiger charge is 2.25. The van der Waals surface area contributed by atoms with Gasteiger partial charge in [-0.25, -0.2) is 0 Å². The van der Waals surface area contributed by atoms with Crippen molar-refractivity contribution in [1.82, 2.24) is 0 Å². The zero-order valence-corrected chi connectivity index (χ0v) is 33.7. The quantitative estimate of drug-likeness (QED) is 0.107. The predicted octanol–water partition coefficient (Wildman–Crippen LogP) is 12.9. The largest absolute Gasteiger partial charge is 0.0622 e. The molecule has 0 saturated carbocycles. The summed E-state index contributed by atoms with van der Waals surface area (Å²) in [5.41, 5.74) is 9.99. The minimum absolute atomic E-state index is 0.190. The molecule has 9 aromatic carbocycles. The lowest BCUT2D eigenvalue weighted by Crippen LogP contribution is -2.12. The molecule has 278 valence electrons. The maximum Gasteiger partial charge on any atom is 0.0491 e. The van der Waals surface area contributed by atoms with E-state index >= 15 is 0 Å². The van der Waals surface area contributed by atoms with Crippen LogP contribution < -0.4 is 0 Å². The van der Waals surface area contributed by atoms with Gasteiger partial charge in [-0.15, -0.1) is 0 Å². The second-order valence-electron chi connectivity index (χ2n) is 15.7. The Labute approximate surface area is 353 Å². The molecule has 9 rings (SSSR count). The van der Waals surface area contributed by atoms with Crippen LogP contribution in [0.4, 0.5) is 0 Å². The van der Waals surface area contributed by atoms with E-state index in [4.69, 9.17) is 0 Å². The van der Waals surface area contributed by atoms with Crippen molar-refractivity contribution in [3.8, 4) is 59.2 Å². The van der Waals surface area contributed by atoms with Crippen LogP contribution in [0.25, 0.3) is 32.3 Å². The molecule has 0 radical (unpaired) electrons. The molecule has 0 atom stereocenters. The van der Waals surface area contributed by atoms with Crippen LogP contribution in [0.2, 0.25) is 0 Å². The van der Waals surface area contributed by atoms with Gasteiger partial charge in [0.25, 0.3) is 0 Å². The highest BCUT2D eigenvalue weighted by atomic mass is 14.3. The molecule has 60 heavy (non-hydrogen) atoms. The van der Waals surface area contributed by atoms with Gasteiger partial charge >= 0.3 is 0 Å². The maximum atomic E-state index is 3.69. The Kier molecular flexibility index (Phi) is 10.2. The summed E-state index contributed by atoms with van der Waals surface area (Å²) in [6, 6.07) is 59.8. The molecule has 0 heterocycles. The number of benzene rings is 9. The van der Waals surface area contributed by atoms with E-state index in [0.717, 1.165) is 88.0 Å². The second kappa shape index (κ2) is 16.4. The molecule has 0 aliphatic carbocycles. The van der Waals surface area contributed by atoms with E-state index in [2.05, 4.69) is 104 Å². The van der Waals surface area contributed by atoms with Gasteiger partial charge in [-0.1, -0.05) is 171 Å². The van der Waals surface area contributed by atoms with Crippen LogP contribution in [0, 0.1) is 59.2 Å². The fraction of sp³-hybridized carbons (Fsp3) is 0.0667. The van der Waals surface area contributed by atoms with Crippen LogP contribution in [0.1, 0.15) is 82.0 Å². The van der Waals surface area contributed by atoms with Crippen molar-refractivity contribution in [1.29, 1.82) is 0 Å². The van der Waals surface area contributed by atoms with Crippen molar-refractivity contribution in [3.63, 3.8) is 0 Å². The van der Waals surface area contributed by atoms with E-state index < -0.39 is 0 Å². The third-order valence-electron chi connectivity index (χ3n) is 10.5.